The van der Waals surface area contributed by atoms with Crippen LogP contribution in [0.3, 0.4) is 0 Å². The van der Waals surface area contributed by atoms with Crippen molar-refractivity contribution in [2.45, 2.75) is 65.6 Å². The van der Waals surface area contributed by atoms with Crippen LogP contribution < -0.4 is 5.32 Å². The molecule has 0 atom stereocenters. The fourth-order valence-electron chi connectivity index (χ4n) is 2.03. The zero-order chi connectivity index (χ0) is 14.8. The molecule has 0 amide bonds. The molecule has 0 aliphatic carbocycles. The number of nitrogens with zero attached hydrogens (tertiary/aromatic N) is 1. The normalized spacial score (nSPS) is 11.0. The van der Waals surface area contributed by atoms with Crippen LogP contribution >= 0.6 is 0 Å². The number of aryl methyl sites for hydroxylation is 1. The van der Waals surface area contributed by atoms with Gasteiger partial charge in [0.05, 0.1) is 6.61 Å². The summed E-state index contributed by atoms with van der Waals surface area (Å²) in [5.41, 5.74) is 1.32. The number of carbonyl (C=O) groups excluding carboxylic acids is 1. The Bertz CT molecular complexity index is 386. The van der Waals surface area contributed by atoms with Crippen LogP contribution in [0.5, 0.6) is 0 Å². The molecular weight excluding hydrogens is 252 g/mol. The summed E-state index contributed by atoms with van der Waals surface area (Å²) < 4.78 is 7.13. The monoisotopic (exact) mass is 280 g/mol. The van der Waals surface area contributed by atoms with E-state index in [1.165, 1.54) is 5.56 Å². The molecule has 4 nitrogen and oxygen atoms in total. The van der Waals surface area contributed by atoms with E-state index in [4.69, 9.17) is 4.74 Å². The number of hydrogen-bond donors (Lipinski definition) is 1. The molecule has 0 unspecified atom stereocenters. The lowest BCUT2D eigenvalue weighted by molar-refractivity contribution is -0.143. The molecule has 114 valence electrons. The maximum absolute atomic E-state index is 11.2. The molecule has 1 heterocycles. The van der Waals surface area contributed by atoms with E-state index in [1.807, 2.05) is 6.92 Å². The molecule has 0 aliphatic rings. The zero-order valence-electron chi connectivity index (χ0n) is 13.0. The van der Waals surface area contributed by atoms with Crippen molar-refractivity contribution < 1.29 is 9.53 Å². The van der Waals surface area contributed by atoms with Crippen molar-refractivity contribution in [3.63, 3.8) is 0 Å². The van der Waals surface area contributed by atoms with Gasteiger partial charge in [0.1, 0.15) is 0 Å². The van der Waals surface area contributed by atoms with Gasteiger partial charge in [0.15, 0.2) is 0 Å². The van der Waals surface area contributed by atoms with Crippen LogP contribution in [0.1, 0.15) is 52.0 Å². The average molecular weight is 280 g/mol. The lowest BCUT2D eigenvalue weighted by atomic mass is 10.2. The molecule has 20 heavy (non-hydrogen) atoms. The van der Waals surface area contributed by atoms with E-state index in [2.05, 4.69) is 42.2 Å². The van der Waals surface area contributed by atoms with Gasteiger partial charge >= 0.3 is 5.97 Å². The summed E-state index contributed by atoms with van der Waals surface area (Å²) in [6.07, 6.45) is 7.95. The predicted molar refractivity (Wildman–Crippen MR) is 81.5 cm³/mol. The van der Waals surface area contributed by atoms with Crippen molar-refractivity contribution in [2.24, 2.45) is 0 Å². The van der Waals surface area contributed by atoms with E-state index < -0.39 is 0 Å². The molecule has 0 fully saturated rings. The molecule has 1 aromatic rings. The lowest BCUT2D eigenvalue weighted by Gasteiger charge is -2.06. The molecule has 1 aromatic heterocycles. The van der Waals surface area contributed by atoms with Crippen LogP contribution in [0.4, 0.5) is 0 Å². The summed E-state index contributed by atoms with van der Waals surface area (Å²) >= 11 is 0. The Balaban J connectivity index is 2.11. The number of carbonyl (C=O) groups is 1. The second-order valence-corrected chi connectivity index (χ2v) is 5.41. The molecule has 1 N–H and O–H groups in total. The van der Waals surface area contributed by atoms with E-state index in [-0.39, 0.29) is 5.97 Å². The number of unbranched alkanes of at least 4 members (excludes halogenated alkanes) is 2. The third-order valence-corrected chi connectivity index (χ3v) is 3.13. The van der Waals surface area contributed by atoms with E-state index in [1.54, 1.807) is 0 Å². The summed E-state index contributed by atoms with van der Waals surface area (Å²) in [7, 11) is 0. The molecule has 4 heteroatoms. The highest BCUT2D eigenvalue weighted by Gasteiger charge is 2.01. The number of hydrogen-bond acceptors (Lipinski definition) is 3. The second kappa shape index (κ2) is 9.59. The first-order valence-electron chi connectivity index (χ1n) is 7.65. The van der Waals surface area contributed by atoms with Crippen LogP contribution in [0.2, 0.25) is 0 Å². The van der Waals surface area contributed by atoms with Crippen molar-refractivity contribution in [1.82, 2.24) is 9.88 Å². The van der Waals surface area contributed by atoms with E-state index in [0.29, 0.717) is 19.1 Å². The Kier molecular flexibility index (Phi) is 8.04. The maximum atomic E-state index is 11.2. The summed E-state index contributed by atoms with van der Waals surface area (Å²) in [6.45, 7) is 8.57. The molecule has 0 aromatic carbocycles. The van der Waals surface area contributed by atoms with Gasteiger partial charge in [-0.25, -0.2) is 0 Å². The second-order valence-electron chi connectivity index (χ2n) is 5.41. The summed E-state index contributed by atoms with van der Waals surface area (Å²) in [6, 6.07) is 2.68. The minimum atomic E-state index is -0.0736. The van der Waals surface area contributed by atoms with Crippen molar-refractivity contribution in [2.75, 3.05) is 6.61 Å². The number of ether oxygens (including phenoxy) is 1. The standard InChI is InChI=1S/C16H28N2O2/c1-4-20-16(19)8-6-5-7-10-18-11-9-15(13-18)12-17-14(2)3/h9,11,13-14,17H,4-8,10,12H2,1-3H3. The van der Waals surface area contributed by atoms with E-state index >= 15 is 0 Å². The highest BCUT2D eigenvalue weighted by molar-refractivity contribution is 5.69. The van der Waals surface area contributed by atoms with Gasteiger partial charge in [0.25, 0.3) is 0 Å². The quantitative estimate of drug-likeness (QED) is 0.529. The molecule has 0 saturated heterocycles. The van der Waals surface area contributed by atoms with Crippen molar-refractivity contribution in [3.05, 3.63) is 24.0 Å². The SMILES string of the molecule is CCOC(=O)CCCCCn1ccc(CNC(C)C)c1. The van der Waals surface area contributed by atoms with Gasteiger partial charge in [-0.2, -0.15) is 0 Å². The minimum absolute atomic E-state index is 0.0736. The summed E-state index contributed by atoms with van der Waals surface area (Å²) in [4.78, 5) is 11.2. The van der Waals surface area contributed by atoms with Crippen molar-refractivity contribution >= 4 is 5.97 Å². The average Bonchev–Trinajstić information content (AvgIpc) is 2.84. The third-order valence-electron chi connectivity index (χ3n) is 3.13. The fourth-order valence-corrected chi connectivity index (χ4v) is 2.03. The third kappa shape index (κ3) is 7.34. The van der Waals surface area contributed by atoms with Crippen LogP contribution in [0.15, 0.2) is 18.5 Å². The molecule has 0 bridgehead atoms. The molecule has 0 spiro atoms. The van der Waals surface area contributed by atoms with Crippen LogP contribution in [-0.4, -0.2) is 23.2 Å². The van der Waals surface area contributed by atoms with Crippen LogP contribution in [0, 0.1) is 0 Å². The van der Waals surface area contributed by atoms with Gasteiger partial charge in [-0.15, -0.1) is 0 Å². The molecule has 0 aliphatic heterocycles. The highest BCUT2D eigenvalue weighted by atomic mass is 16.5. The van der Waals surface area contributed by atoms with E-state index in [0.717, 1.165) is 32.4 Å². The minimum Gasteiger partial charge on any atom is -0.466 e. The Morgan fingerprint density at radius 2 is 2.15 bits per heavy atom. The lowest BCUT2D eigenvalue weighted by Crippen LogP contribution is -2.21. The number of esters is 1. The predicted octanol–water partition coefficient (Wildman–Crippen LogP) is 3.11. The van der Waals surface area contributed by atoms with Crippen LogP contribution in [-0.2, 0) is 22.6 Å². The highest BCUT2D eigenvalue weighted by Crippen LogP contribution is 2.06. The first-order chi connectivity index (χ1) is 9.61. The fraction of sp³-hybridized carbons (Fsp3) is 0.688. The molecule has 0 radical (unpaired) electrons. The Morgan fingerprint density at radius 1 is 1.35 bits per heavy atom. The van der Waals surface area contributed by atoms with Gasteiger partial charge in [0.2, 0.25) is 0 Å². The number of aromatic nitrogens is 1. The molecule has 1 rings (SSSR count). The van der Waals surface area contributed by atoms with E-state index in [9.17, 15) is 4.79 Å². The topological polar surface area (TPSA) is 43.3 Å². The van der Waals surface area contributed by atoms with Gasteiger partial charge in [-0.3, -0.25) is 4.79 Å². The zero-order valence-corrected chi connectivity index (χ0v) is 13.0. The molecular formula is C16H28N2O2. The maximum Gasteiger partial charge on any atom is 0.305 e. The smallest absolute Gasteiger partial charge is 0.305 e. The Morgan fingerprint density at radius 3 is 2.85 bits per heavy atom. The number of rotatable bonds is 10. The van der Waals surface area contributed by atoms with Crippen LogP contribution in [0.25, 0.3) is 0 Å². The molecule has 0 saturated carbocycles. The van der Waals surface area contributed by atoms with Gasteiger partial charge in [0, 0.05) is 37.9 Å². The Labute approximate surface area is 122 Å². The van der Waals surface area contributed by atoms with Gasteiger partial charge in [-0.05, 0) is 31.4 Å². The first kappa shape index (κ1) is 16.8. The summed E-state index contributed by atoms with van der Waals surface area (Å²) in [5.74, 6) is -0.0736. The Hall–Kier alpha value is -1.29. The van der Waals surface area contributed by atoms with Crippen molar-refractivity contribution in [1.29, 1.82) is 0 Å². The first-order valence-corrected chi connectivity index (χ1v) is 7.65. The van der Waals surface area contributed by atoms with Gasteiger partial charge in [-0.1, -0.05) is 20.3 Å². The summed E-state index contributed by atoms with van der Waals surface area (Å²) in [5, 5.41) is 3.41. The van der Waals surface area contributed by atoms with Gasteiger partial charge < -0.3 is 14.6 Å². The number of nitrogens with one attached hydrogen (secondary N) is 1. The largest absolute Gasteiger partial charge is 0.466 e. The van der Waals surface area contributed by atoms with Crippen molar-refractivity contribution in [3.8, 4) is 0 Å².